The first-order valence-corrected chi connectivity index (χ1v) is 9.72. The summed E-state index contributed by atoms with van der Waals surface area (Å²) in [5.41, 5.74) is 1.61. The summed E-state index contributed by atoms with van der Waals surface area (Å²) in [6.45, 7) is 0. The van der Waals surface area contributed by atoms with Gasteiger partial charge in [-0.05, 0) is 18.2 Å². The summed E-state index contributed by atoms with van der Waals surface area (Å²) >= 11 is 6.56. The highest BCUT2D eigenvalue weighted by Crippen LogP contribution is 2.40. The summed E-state index contributed by atoms with van der Waals surface area (Å²) in [6.07, 6.45) is -0.778. The predicted octanol–water partition coefficient (Wildman–Crippen LogP) is 4.79. The van der Waals surface area contributed by atoms with Crippen molar-refractivity contribution in [3.63, 3.8) is 0 Å². The Morgan fingerprint density at radius 2 is 1.63 bits per heavy atom. The van der Waals surface area contributed by atoms with Crippen molar-refractivity contribution in [3.8, 4) is 5.75 Å². The normalized spacial score (nSPS) is 15.7. The SMILES string of the molecule is CNC1=C(c2cccc(C(=O)Oc3ccccc3)c2Cl)C(=O)C(c2ccccc2)O1. The second-order valence-electron chi connectivity index (χ2n) is 6.60. The second kappa shape index (κ2) is 8.43. The topological polar surface area (TPSA) is 64.6 Å². The number of rotatable bonds is 5. The van der Waals surface area contributed by atoms with E-state index in [1.807, 2.05) is 36.4 Å². The largest absolute Gasteiger partial charge is 0.462 e. The molecular weight excluding hydrogens is 402 g/mol. The molecule has 1 N–H and O–H groups in total. The minimum absolute atomic E-state index is 0.131. The van der Waals surface area contributed by atoms with Crippen molar-refractivity contribution in [3.05, 3.63) is 106 Å². The van der Waals surface area contributed by atoms with E-state index in [9.17, 15) is 9.59 Å². The van der Waals surface area contributed by atoms with E-state index in [-0.39, 0.29) is 16.4 Å². The lowest BCUT2D eigenvalue weighted by Gasteiger charge is -2.11. The molecule has 1 heterocycles. The third-order valence-corrected chi connectivity index (χ3v) is 5.13. The summed E-state index contributed by atoms with van der Waals surface area (Å²) in [4.78, 5) is 25.9. The highest BCUT2D eigenvalue weighted by atomic mass is 35.5. The molecule has 0 amide bonds. The Morgan fingerprint density at radius 1 is 0.967 bits per heavy atom. The average molecular weight is 420 g/mol. The third kappa shape index (κ3) is 3.67. The fourth-order valence-corrected chi connectivity index (χ4v) is 3.59. The van der Waals surface area contributed by atoms with Crippen LogP contribution >= 0.6 is 11.6 Å². The molecule has 150 valence electrons. The van der Waals surface area contributed by atoms with Gasteiger partial charge in [-0.2, -0.15) is 0 Å². The van der Waals surface area contributed by atoms with Gasteiger partial charge in [0.2, 0.25) is 5.78 Å². The molecule has 30 heavy (non-hydrogen) atoms. The molecule has 1 aliphatic rings. The maximum Gasteiger partial charge on any atom is 0.345 e. The molecule has 1 unspecified atom stereocenters. The Labute approximate surface area is 178 Å². The van der Waals surface area contributed by atoms with E-state index in [1.54, 1.807) is 49.5 Å². The summed E-state index contributed by atoms with van der Waals surface area (Å²) in [5.74, 6) is -0.125. The number of para-hydroxylation sites is 1. The van der Waals surface area contributed by atoms with Crippen molar-refractivity contribution in [2.24, 2.45) is 0 Å². The number of nitrogens with one attached hydrogen (secondary N) is 1. The first-order chi connectivity index (χ1) is 14.6. The number of carbonyl (C=O) groups is 2. The lowest BCUT2D eigenvalue weighted by atomic mass is 9.95. The molecule has 3 aromatic carbocycles. The van der Waals surface area contributed by atoms with Gasteiger partial charge in [-0.25, -0.2) is 4.79 Å². The molecule has 0 saturated heterocycles. The Kier molecular flexibility index (Phi) is 5.55. The summed E-state index contributed by atoms with van der Waals surface area (Å²) in [5, 5.41) is 3.05. The van der Waals surface area contributed by atoms with Crippen LogP contribution in [0.2, 0.25) is 5.02 Å². The number of esters is 1. The van der Waals surface area contributed by atoms with Gasteiger partial charge in [0.15, 0.2) is 12.0 Å². The molecule has 1 aliphatic heterocycles. The Morgan fingerprint density at radius 3 is 2.30 bits per heavy atom. The Bertz CT molecular complexity index is 1130. The molecule has 3 aromatic rings. The highest BCUT2D eigenvalue weighted by molar-refractivity contribution is 6.38. The first kappa shape index (κ1) is 19.7. The van der Waals surface area contributed by atoms with Gasteiger partial charge in [0.1, 0.15) is 5.75 Å². The molecule has 1 atom stereocenters. The van der Waals surface area contributed by atoms with Gasteiger partial charge in [-0.3, -0.25) is 4.79 Å². The van der Waals surface area contributed by atoms with Crippen LogP contribution in [0.4, 0.5) is 0 Å². The molecule has 6 heteroatoms. The summed E-state index contributed by atoms with van der Waals surface area (Å²) in [6, 6.07) is 22.8. The van der Waals surface area contributed by atoms with Crippen LogP contribution in [0.1, 0.15) is 27.6 Å². The van der Waals surface area contributed by atoms with E-state index in [4.69, 9.17) is 21.1 Å². The van der Waals surface area contributed by atoms with E-state index in [1.165, 1.54) is 0 Å². The molecule has 4 rings (SSSR count). The van der Waals surface area contributed by atoms with Crippen LogP contribution in [0.5, 0.6) is 5.75 Å². The number of benzene rings is 3. The zero-order valence-electron chi connectivity index (χ0n) is 16.1. The van der Waals surface area contributed by atoms with E-state index in [2.05, 4.69) is 5.32 Å². The molecular formula is C24H18ClNO4. The minimum Gasteiger partial charge on any atom is -0.462 e. The van der Waals surface area contributed by atoms with Crippen molar-refractivity contribution < 1.29 is 19.1 Å². The standard InChI is InChI=1S/C24H18ClNO4/c1-26-23-19(21(27)22(30-23)15-9-4-2-5-10-15)17-13-8-14-18(20(17)25)24(28)29-16-11-6-3-7-12-16/h2-14,22,26H,1H3. The van der Waals surface area contributed by atoms with Gasteiger partial charge in [0, 0.05) is 18.2 Å². The molecule has 0 aliphatic carbocycles. The fourth-order valence-electron chi connectivity index (χ4n) is 3.29. The second-order valence-corrected chi connectivity index (χ2v) is 6.97. The summed E-state index contributed by atoms with van der Waals surface area (Å²) in [7, 11) is 1.66. The molecule has 0 bridgehead atoms. The van der Waals surface area contributed by atoms with E-state index < -0.39 is 12.1 Å². The summed E-state index contributed by atoms with van der Waals surface area (Å²) < 4.78 is 11.3. The predicted molar refractivity (Wildman–Crippen MR) is 114 cm³/mol. The molecule has 0 spiro atoms. The highest BCUT2D eigenvalue weighted by Gasteiger charge is 2.38. The number of hydrogen-bond acceptors (Lipinski definition) is 5. The van der Waals surface area contributed by atoms with E-state index in [0.29, 0.717) is 22.8 Å². The van der Waals surface area contributed by atoms with E-state index >= 15 is 0 Å². The number of carbonyl (C=O) groups excluding carboxylic acids is 2. The van der Waals surface area contributed by atoms with Crippen molar-refractivity contribution in [1.29, 1.82) is 0 Å². The van der Waals surface area contributed by atoms with Crippen LogP contribution < -0.4 is 10.1 Å². The number of halogens is 1. The number of ether oxygens (including phenoxy) is 2. The van der Waals surface area contributed by atoms with Gasteiger partial charge in [0.25, 0.3) is 0 Å². The zero-order chi connectivity index (χ0) is 21.1. The van der Waals surface area contributed by atoms with Crippen LogP contribution in [0.15, 0.2) is 84.7 Å². The minimum atomic E-state index is -0.778. The van der Waals surface area contributed by atoms with Crippen LogP contribution in [0, 0.1) is 0 Å². The molecule has 0 aromatic heterocycles. The van der Waals surface area contributed by atoms with Gasteiger partial charge in [-0.15, -0.1) is 0 Å². The van der Waals surface area contributed by atoms with Crippen LogP contribution in [0.3, 0.4) is 0 Å². The fraction of sp³-hybridized carbons (Fsp3) is 0.0833. The van der Waals surface area contributed by atoms with Crippen molar-refractivity contribution in [2.45, 2.75) is 6.10 Å². The van der Waals surface area contributed by atoms with Crippen molar-refractivity contribution in [2.75, 3.05) is 7.05 Å². The van der Waals surface area contributed by atoms with Crippen LogP contribution in [0.25, 0.3) is 5.57 Å². The first-order valence-electron chi connectivity index (χ1n) is 9.34. The Balaban J connectivity index is 1.69. The Hall–Kier alpha value is -3.57. The maximum atomic E-state index is 13.2. The molecule has 0 radical (unpaired) electrons. The van der Waals surface area contributed by atoms with Crippen LogP contribution in [-0.2, 0) is 9.53 Å². The smallest absolute Gasteiger partial charge is 0.345 e. The number of Topliss-reactive ketones (excluding diaryl/α,β-unsaturated/α-hetero) is 1. The molecule has 0 fully saturated rings. The quantitative estimate of drug-likeness (QED) is 0.476. The third-order valence-electron chi connectivity index (χ3n) is 4.72. The van der Waals surface area contributed by atoms with Crippen molar-refractivity contribution >= 4 is 28.9 Å². The van der Waals surface area contributed by atoms with Gasteiger partial charge < -0.3 is 14.8 Å². The van der Waals surface area contributed by atoms with Crippen LogP contribution in [-0.4, -0.2) is 18.8 Å². The maximum absolute atomic E-state index is 13.2. The molecule has 0 saturated carbocycles. The average Bonchev–Trinajstić information content (AvgIpc) is 3.11. The van der Waals surface area contributed by atoms with Crippen molar-refractivity contribution in [1.82, 2.24) is 5.32 Å². The number of hydrogen-bond donors (Lipinski definition) is 1. The molecule has 5 nitrogen and oxygen atoms in total. The lowest BCUT2D eigenvalue weighted by molar-refractivity contribution is -0.120. The van der Waals surface area contributed by atoms with E-state index in [0.717, 1.165) is 5.56 Å². The monoisotopic (exact) mass is 419 g/mol. The van der Waals surface area contributed by atoms with Gasteiger partial charge >= 0.3 is 5.97 Å². The van der Waals surface area contributed by atoms with Gasteiger partial charge in [-0.1, -0.05) is 72.3 Å². The zero-order valence-corrected chi connectivity index (χ0v) is 16.8. The van der Waals surface area contributed by atoms with Gasteiger partial charge in [0.05, 0.1) is 16.2 Å². The lowest BCUT2D eigenvalue weighted by Crippen LogP contribution is -2.12. The number of ketones is 1.